The molecule has 0 aliphatic heterocycles. The standard InChI is InChI=1S/C11H13BrF2/c1-2-8(7-11(13)14)9-3-5-10(12)6-4-9/h3-6,8,11H,2,7H2,1H3. The van der Waals surface area contributed by atoms with Crippen molar-refractivity contribution < 1.29 is 8.78 Å². The second kappa shape index (κ2) is 5.44. The highest BCUT2D eigenvalue weighted by molar-refractivity contribution is 9.10. The first-order chi connectivity index (χ1) is 6.63. The SMILES string of the molecule is CCC(CC(F)F)c1ccc(Br)cc1. The van der Waals surface area contributed by atoms with Gasteiger partial charge in [0.25, 0.3) is 0 Å². The fourth-order valence-electron chi connectivity index (χ4n) is 1.49. The van der Waals surface area contributed by atoms with E-state index < -0.39 is 6.43 Å². The fraction of sp³-hybridized carbons (Fsp3) is 0.455. The maximum Gasteiger partial charge on any atom is 0.239 e. The molecule has 1 unspecified atom stereocenters. The van der Waals surface area contributed by atoms with Crippen LogP contribution in [0.1, 0.15) is 31.2 Å². The molecule has 0 radical (unpaired) electrons. The number of benzene rings is 1. The number of halogens is 3. The molecular formula is C11H13BrF2. The Morgan fingerprint density at radius 1 is 1.21 bits per heavy atom. The van der Waals surface area contributed by atoms with Crippen LogP contribution in [0.2, 0.25) is 0 Å². The molecule has 14 heavy (non-hydrogen) atoms. The van der Waals surface area contributed by atoms with Gasteiger partial charge in [0, 0.05) is 10.9 Å². The molecule has 1 aromatic rings. The van der Waals surface area contributed by atoms with E-state index in [0.717, 1.165) is 16.5 Å². The van der Waals surface area contributed by atoms with Crippen molar-refractivity contribution in [3.8, 4) is 0 Å². The molecule has 0 nitrogen and oxygen atoms in total. The third kappa shape index (κ3) is 3.37. The van der Waals surface area contributed by atoms with Crippen molar-refractivity contribution in [2.45, 2.75) is 32.1 Å². The quantitative estimate of drug-likeness (QED) is 0.744. The summed E-state index contributed by atoms with van der Waals surface area (Å²) in [7, 11) is 0. The lowest BCUT2D eigenvalue weighted by Gasteiger charge is -2.14. The van der Waals surface area contributed by atoms with E-state index in [-0.39, 0.29) is 12.3 Å². The molecular weight excluding hydrogens is 250 g/mol. The summed E-state index contributed by atoms with van der Waals surface area (Å²) < 4.78 is 25.4. The van der Waals surface area contributed by atoms with Crippen molar-refractivity contribution in [1.29, 1.82) is 0 Å². The highest BCUT2D eigenvalue weighted by Crippen LogP contribution is 2.27. The van der Waals surface area contributed by atoms with Crippen LogP contribution in [0.25, 0.3) is 0 Å². The van der Waals surface area contributed by atoms with E-state index in [0.29, 0.717) is 0 Å². The van der Waals surface area contributed by atoms with E-state index in [1.54, 1.807) is 0 Å². The highest BCUT2D eigenvalue weighted by Gasteiger charge is 2.14. The molecule has 1 rings (SSSR count). The van der Waals surface area contributed by atoms with Crippen molar-refractivity contribution in [2.24, 2.45) is 0 Å². The predicted octanol–water partition coefficient (Wildman–Crippen LogP) is 4.60. The zero-order valence-electron chi connectivity index (χ0n) is 8.01. The summed E-state index contributed by atoms with van der Waals surface area (Å²) in [6.07, 6.45) is -1.51. The van der Waals surface area contributed by atoms with Gasteiger partial charge in [-0.25, -0.2) is 8.78 Å². The van der Waals surface area contributed by atoms with Gasteiger partial charge in [0.15, 0.2) is 0 Å². The molecule has 78 valence electrons. The van der Waals surface area contributed by atoms with Gasteiger partial charge in [-0.15, -0.1) is 0 Å². The van der Waals surface area contributed by atoms with E-state index in [1.165, 1.54) is 0 Å². The lowest BCUT2D eigenvalue weighted by atomic mass is 9.94. The third-order valence-electron chi connectivity index (χ3n) is 2.30. The van der Waals surface area contributed by atoms with Crippen molar-refractivity contribution in [2.75, 3.05) is 0 Å². The average molecular weight is 263 g/mol. The second-order valence-corrected chi connectivity index (χ2v) is 4.20. The minimum absolute atomic E-state index is 0.0249. The smallest absolute Gasteiger partial charge is 0.211 e. The van der Waals surface area contributed by atoms with Crippen molar-refractivity contribution >= 4 is 15.9 Å². The largest absolute Gasteiger partial charge is 0.239 e. The van der Waals surface area contributed by atoms with Crippen LogP contribution in [0.15, 0.2) is 28.7 Å². The Morgan fingerprint density at radius 3 is 2.21 bits per heavy atom. The molecule has 0 aliphatic carbocycles. The zero-order chi connectivity index (χ0) is 10.6. The van der Waals surface area contributed by atoms with Crippen molar-refractivity contribution in [1.82, 2.24) is 0 Å². The van der Waals surface area contributed by atoms with Crippen LogP contribution < -0.4 is 0 Å². The van der Waals surface area contributed by atoms with Gasteiger partial charge in [0.2, 0.25) is 6.43 Å². The Balaban J connectivity index is 2.73. The molecule has 0 bridgehead atoms. The first-order valence-electron chi connectivity index (χ1n) is 4.67. The Hall–Kier alpha value is -0.440. The summed E-state index contributed by atoms with van der Waals surface area (Å²) in [5, 5.41) is 0. The maximum atomic E-state index is 12.2. The van der Waals surface area contributed by atoms with E-state index in [1.807, 2.05) is 31.2 Å². The summed E-state index contributed by atoms with van der Waals surface area (Å²) >= 11 is 3.32. The molecule has 0 saturated carbocycles. The Bertz CT molecular complexity index is 269. The van der Waals surface area contributed by atoms with Gasteiger partial charge >= 0.3 is 0 Å². The third-order valence-corrected chi connectivity index (χ3v) is 2.83. The van der Waals surface area contributed by atoms with Crippen LogP contribution in [0.5, 0.6) is 0 Å². The molecule has 0 aromatic heterocycles. The molecule has 3 heteroatoms. The van der Waals surface area contributed by atoms with Crippen LogP contribution >= 0.6 is 15.9 Å². The average Bonchev–Trinajstić information content (AvgIpc) is 2.15. The fourth-order valence-corrected chi connectivity index (χ4v) is 1.75. The molecule has 0 heterocycles. The topological polar surface area (TPSA) is 0 Å². The number of alkyl halides is 2. The highest BCUT2D eigenvalue weighted by atomic mass is 79.9. The maximum absolute atomic E-state index is 12.2. The molecule has 1 aromatic carbocycles. The van der Waals surface area contributed by atoms with Gasteiger partial charge in [-0.3, -0.25) is 0 Å². The molecule has 0 spiro atoms. The number of rotatable bonds is 4. The summed E-state index contributed by atoms with van der Waals surface area (Å²) in [4.78, 5) is 0. The molecule has 1 atom stereocenters. The monoisotopic (exact) mass is 262 g/mol. The van der Waals surface area contributed by atoms with Crippen molar-refractivity contribution in [3.63, 3.8) is 0 Å². The van der Waals surface area contributed by atoms with E-state index in [9.17, 15) is 8.78 Å². The predicted molar refractivity (Wildman–Crippen MR) is 57.8 cm³/mol. The number of hydrogen-bond acceptors (Lipinski definition) is 0. The van der Waals surface area contributed by atoms with Crippen LogP contribution in [-0.2, 0) is 0 Å². The van der Waals surface area contributed by atoms with Crippen LogP contribution in [0.3, 0.4) is 0 Å². The van der Waals surface area contributed by atoms with Crippen molar-refractivity contribution in [3.05, 3.63) is 34.3 Å². The Morgan fingerprint density at radius 2 is 1.79 bits per heavy atom. The summed E-state index contributed by atoms with van der Waals surface area (Å²) in [6, 6.07) is 7.59. The van der Waals surface area contributed by atoms with Gasteiger partial charge in [-0.05, 0) is 30.0 Å². The van der Waals surface area contributed by atoms with E-state index in [4.69, 9.17) is 0 Å². The van der Waals surface area contributed by atoms with E-state index in [2.05, 4.69) is 15.9 Å². The molecule has 0 N–H and O–H groups in total. The first-order valence-corrected chi connectivity index (χ1v) is 5.46. The van der Waals surface area contributed by atoms with Gasteiger partial charge in [-0.2, -0.15) is 0 Å². The van der Waals surface area contributed by atoms with Gasteiger partial charge in [0.1, 0.15) is 0 Å². The first kappa shape index (κ1) is 11.6. The lowest BCUT2D eigenvalue weighted by Crippen LogP contribution is -2.03. The Labute approximate surface area is 91.5 Å². The van der Waals surface area contributed by atoms with Crippen LogP contribution in [0.4, 0.5) is 8.78 Å². The van der Waals surface area contributed by atoms with Gasteiger partial charge in [-0.1, -0.05) is 35.0 Å². The normalized spacial score (nSPS) is 13.2. The van der Waals surface area contributed by atoms with Gasteiger partial charge in [0.05, 0.1) is 0 Å². The molecule has 0 fully saturated rings. The summed E-state index contributed by atoms with van der Waals surface area (Å²) in [5.74, 6) is -0.0249. The summed E-state index contributed by atoms with van der Waals surface area (Å²) in [6.45, 7) is 1.94. The molecule has 0 saturated heterocycles. The molecule has 0 aliphatic rings. The second-order valence-electron chi connectivity index (χ2n) is 3.28. The lowest BCUT2D eigenvalue weighted by molar-refractivity contribution is 0.127. The minimum atomic E-state index is -2.22. The van der Waals surface area contributed by atoms with Crippen LogP contribution in [-0.4, -0.2) is 6.43 Å². The summed E-state index contributed by atoms with van der Waals surface area (Å²) in [5.41, 5.74) is 0.996. The zero-order valence-corrected chi connectivity index (χ0v) is 9.60. The van der Waals surface area contributed by atoms with E-state index >= 15 is 0 Å². The molecule has 0 amide bonds. The van der Waals surface area contributed by atoms with Gasteiger partial charge < -0.3 is 0 Å². The minimum Gasteiger partial charge on any atom is -0.211 e. The number of hydrogen-bond donors (Lipinski definition) is 0. The Kier molecular flexibility index (Phi) is 4.52. The van der Waals surface area contributed by atoms with Crippen LogP contribution in [0, 0.1) is 0 Å².